The average Bonchev–Trinajstić information content (AvgIpc) is 3.37. The fourth-order valence-electron chi connectivity index (χ4n) is 3.05. The van der Waals surface area contributed by atoms with Crippen LogP contribution in [-0.4, -0.2) is 29.3 Å². The van der Waals surface area contributed by atoms with Crippen LogP contribution in [0.25, 0.3) is 0 Å². The number of carbonyl (C=O) groups is 1. The molecule has 126 valence electrons. The number of nitrogens with zero attached hydrogens (tertiary/aromatic N) is 1. The normalized spacial score (nSPS) is 22.0. The van der Waals surface area contributed by atoms with E-state index < -0.39 is 0 Å². The van der Waals surface area contributed by atoms with Gasteiger partial charge in [-0.25, -0.2) is 9.78 Å². The van der Waals surface area contributed by atoms with Crippen molar-refractivity contribution in [2.24, 2.45) is 5.41 Å². The van der Waals surface area contributed by atoms with Gasteiger partial charge in [0.05, 0.1) is 6.61 Å². The minimum Gasteiger partial charge on any atom is -0.396 e. The molecule has 0 saturated heterocycles. The topological polar surface area (TPSA) is 74.2 Å². The van der Waals surface area contributed by atoms with Gasteiger partial charge in [0.1, 0.15) is 5.82 Å². The summed E-state index contributed by atoms with van der Waals surface area (Å²) >= 11 is 0. The molecule has 0 spiro atoms. The summed E-state index contributed by atoms with van der Waals surface area (Å²) in [6.07, 6.45) is 3.56. The SMILES string of the molecule is CCc1ccc(NC(=O)NCC2(CO)CC2c2ccccc2)nc1. The van der Waals surface area contributed by atoms with E-state index in [-0.39, 0.29) is 18.1 Å². The average molecular weight is 325 g/mol. The van der Waals surface area contributed by atoms with Gasteiger partial charge in [0.25, 0.3) is 0 Å². The third kappa shape index (κ3) is 3.57. The zero-order valence-corrected chi connectivity index (χ0v) is 13.8. The third-order valence-electron chi connectivity index (χ3n) is 4.78. The molecule has 2 aromatic rings. The molecule has 2 atom stereocenters. The number of aryl methyl sites for hydroxylation is 1. The highest BCUT2D eigenvalue weighted by molar-refractivity contribution is 5.88. The molecule has 1 fully saturated rings. The van der Waals surface area contributed by atoms with E-state index >= 15 is 0 Å². The van der Waals surface area contributed by atoms with Gasteiger partial charge in [0.2, 0.25) is 0 Å². The first-order valence-corrected chi connectivity index (χ1v) is 8.32. The van der Waals surface area contributed by atoms with Gasteiger partial charge in [-0.1, -0.05) is 43.3 Å². The standard InChI is InChI=1S/C19H23N3O2/c1-2-14-8-9-17(20-11-14)22-18(24)21-12-19(13-23)10-16(19)15-6-4-3-5-7-15/h3-9,11,16,23H,2,10,12-13H2,1H3,(H2,20,21,22,24). The van der Waals surface area contributed by atoms with Gasteiger partial charge in [-0.05, 0) is 36.0 Å². The van der Waals surface area contributed by atoms with Crippen molar-refractivity contribution in [2.45, 2.75) is 25.7 Å². The van der Waals surface area contributed by atoms with Crippen molar-refractivity contribution in [2.75, 3.05) is 18.5 Å². The van der Waals surface area contributed by atoms with Crippen molar-refractivity contribution < 1.29 is 9.90 Å². The predicted molar refractivity (Wildman–Crippen MR) is 94.0 cm³/mol. The van der Waals surface area contributed by atoms with Crippen molar-refractivity contribution in [3.63, 3.8) is 0 Å². The van der Waals surface area contributed by atoms with Crippen LogP contribution in [-0.2, 0) is 6.42 Å². The van der Waals surface area contributed by atoms with Crippen LogP contribution in [0.1, 0.15) is 30.4 Å². The summed E-state index contributed by atoms with van der Waals surface area (Å²) in [6, 6.07) is 13.6. The molecule has 1 aliphatic rings. The molecule has 1 aromatic carbocycles. The Labute approximate surface area is 142 Å². The molecule has 1 heterocycles. The molecule has 2 unspecified atom stereocenters. The van der Waals surface area contributed by atoms with Crippen LogP contribution in [0, 0.1) is 5.41 Å². The lowest BCUT2D eigenvalue weighted by atomic mass is 10.00. The number of carbonyl (C=O) groups excluding carboxylic acids is 1. The summed E-state index contributed by atoms with van der Waals surface area (Å²) in [7, 11) is 0. The van der Waals surface area contributed by atoms with Crippen LogP contribution < -0.4 is 10.6 Å². The Bertz CT molecular complexity index is 688. The van der Waals surface area contributed by atoms with Crippen LogP contribution in [0.5, 0.6) is 0 Å². The molecule has 1 aromatic heterocycles. The van der Waals surface area contributed by atoms with Crippen LogP contribution in [0.15, 0.2) is 48.7 Å². The van der Waals surface area contributed by atoms with E-state index in [1.807, 2.05) is 24.3 Å². The second-order valence-electron chi connectivity index (χ2n) is 6.40. The maximum atomic E-state index is 12.1. The van der Waals surface area contributed by atoms with E-state index in [9.17, 15) is 9.90 Å². The first kappa shape index (κ1) is 16.5. The quantitative estimate of drug-likeness (QED) is 0.764. The van der Waals surface area contributed by atoms with E-state index in [2.05, 4.69) is 34.7 Å². The number of pyridine rings is 1. The molecule has 3 N–H and O–H groups in total. The maximum absolute atomic E-state index is 12.1. The van der Waals surface area contributed by atoms with Crippen molar-refractivity contribution in [3.8, 4) is 0 Å². The van der Waals surface area contributed by atoms with E-state index in [1.165, 1.54) is 5.56 Å². The Kier molecular flexibility index (Phi) is 4.81. The van der Waals surface area contributed by atoms with Crippen molar-refractivity contribution in [3.05, 3.63) is 59.8 Å². The molecule has 1 aliphatic carbocycles. The number of amides is 2. The molecule has 1 saturated carbocycles. The number of hydrogen-bond donors (Lipinski definition) is 3. The molecule has 2 amide bonds. The lowest BCUT2D eigenvalue weighted by Crippen LogP contribution is -2.36. The summed E-state index contributed by atoms with van der Waals surface area (Å²) in [5.74, 6) is 0.823. The highest BCUT2D eigenvalue weighted by Gasteiger charge is 2.54. The van der Waals surface area contributed by atoms with Gasteiger partial charge in [-0.2, -0.15) is 0 Å². The largest absolute Gasteiger partial charge is 0.396 e. The number of anilines is 1. The van der Waals surface area contributed by atoms with Crippen LogP contribution in [0.3, 0.4) is 0 Å². The minimum atomic E-state index is -0.293. The van der Waals surface area contributed by atoms with Crippen LogP contribution in [0.4, 0.5) is 10.6 Å². The predicted octanol–water partition coefficient (Wildman–Crippen LogP) is 2.93. The van der Waals surface area contributed by atoms with Gasteiger partial charge in [0.15, 0.2) is 0 Å². The lowest BCUT2D eigenvalue weighted by molar-refractivity contribution is 0.201. The zero-order valence-electron chi connectivity index (χ0n) is 13.8. The first-order valence-electron chi connectivity index (χ1n) is 8.32. The first-order chi connectivity index (χ1) is 11.7. The van der Waals surface area contributed by atoms with Crippen LogP contribution >= 0.6 is 0 Å². The Morgan fingerprint density at radius 1 is 1.29 bits per heavy atom. The summed E-state index contributed by atoms with van der Waals surface area (Å²) in [5.41, 5.74) is 2.09. The van der Waals surface area contributed by atoms with Gasteiger partial charge in [-0.15, -0.1) is 0 Å². The molecular weight excluding hydrogens is 302 g/mol. The second kappa shape index (κ2) is 7.01. The van der Waals surface area contributed by atoms with E-state index in [1.54, 1.807) is 12.3 Å². The number of nitrogens with one attached hydrogen (secondary N) is 2. The second-order valence-corrected chi connectivity index (χ2v) is 6.40. The number of aliphatic hydroxyl groups excluding tert-OH is 1. The highest BCUT2D eigenvalue weighted by Crippen LogP contribution is 2.58. The van der Waals surface area contributed by atoms with E-state index in [4.69, 9.17) is 0 Å². The van der Waals surface area contributed by atoms with Crippen LogP contribution in [0.2, 0.25) is 0 Å². The number of aromatic nitrogens is 1. The third-order valence-corrected chi connectivity index (χ3v) is 4.78. The number of aliphatic hydroxyl groups is 1. The van der Waals surface area contributed by atoms with Crippen molar-refractivity contribution in [1.82, 2.24) is 10.3 Å². The summed E-state index contributed by atoms with van der Waals surface area (Å²) in [6.45, 7) is 2.57. The lowest BCUT2D eigenvalue weighted by Gasteiger charge is -2.16. The summed E-state index contributed by atoms with van der Waals surface area (Å²) < 4.78 is 0. The highest BCUT2D eigenvalue weighted by atomic mass is 16.3. The molecule has 5 heteroatoms. The molecule has 24 heavy (non-hydrogen) atoms. The van der Waals surface area contributed by atoms with Gasteiger partial charge < -0.3 is 10.4 Å². The Balaban J connectivity index is 1.53. The summed E-state index contributed by atoms with van der Waals surface area (Å²) in [4.78, 5) is 16.3. The maximum Gasteiger partial charge on any atom is 0.320 e. The van der Waals surface area contributed by atoms with E-state index in [0.717, 1.165) is 18.4 Å². The molecule has 3 rings (SSSR count). The van der Waals surface area contributed by atoms with Crippen molar-refractivity contribution in [1.29, 1.82) is 0 Å². The Morgan fingerprint density at radius 2 is 2.08 bits per heavy atom. The zero-order chi connectivity index (χ0) is 17.0. The smallest absolute Gasteiger partial charge is 0.320 e. The molecule has 5 nitrogen and oxygen atoms in total. The van der Waals surface area contributed by atoms with E-state index in [0.29, 0.717) is 18.3 Å². The minimum absolute atomic E-state index is 0.0658. The number of benzene rings is 1. The molecular formula is C19H23N3O2. The summed E-state index contributed by atoms with van der Waals surface area (Å²) in [5, 5.41) is 15.4. The van der Waals surface area contributed by atoms with Gasteiger partial charge in [0, 0.05) is 18.2 Å². The van der Waals surface area contributed by atoms with Gasteiger partial charge in [-0.3, -0.25) is 5.32 Å². The van der Waals surface area contributed by atoms with Gasteiger partial charge >= 0.3 is 6.03 Å². The Morgan fingerprint density at radius 3 is 2.71 bits per heavy atom. The monoisotopic (exact) mass is 325 g/mol. The fraction of sp³-hybridized carbons (Fsp3) is 0.368. The molecule has 0 bridgehead atoms. The fourth-order valence-corrected chi connectivity index (χ4v) is 3.05. The number of rotatable bonds is 6. The molecule has 0 aliphatic heterocycles. The van der Waals surface area contributed by atoms with Crippen molar-refractivity contribution >= 4 is 11.8 Å². The Hall–Kier alpha value is -2.40. The number of urea groups is 1. The molecule has 0 radical (unpaired) electrons. The number of hydrogen-bond acceptors (Lipinski definition) is 3.